The fourth-order valence-corrected chi connectivity index (χ4v) is 2.80. The zero-order chi connectivity index (χ0) is 14.7. The van der Waals surface area contributed by atoms with Crippen molar-refractivity contribution < 1.29 is 9.53 Å². The lowest BCUT2D eigenvalue weighted by Crippen LogP contribution is -2.33. The van der Waals surface area contributed by atoms with E-state index in [0.717, 1.165) is 19.4 Å². The molecule has 1 aliphatic heterocycles. The van der Waals surface area contributed by atoms with Gasteiger partial charge in [0.2, 0.25) is 5.91 Å². The van der Waals surface area contributed by atoms with Crippen LogP contribution in [0.2, 0.25) is 0 Å². The number of aromatic amines is 2. The van der Waals surface area contributed by atoms with Crippen LogP contribution >= 0.6 is 11.8 Å². The van der Waals surface area contributed by atoms with E-state index in [0.29, 0.717) is 22.7 Å². The first-order valence-electron chi connectivity index (χ1n) is 6.67. The largest absolute Gasteiger partial charge is 0.376 e. The normalized spacial score (nSPS) is 18.2. The van der Waals surface area contributed by atoms with Crippen LogP contribution in [0.4, 0.5) is 0 Å². The molecule has 0 saturated carbocycles. The molecule has 8 nitrogen and oxygen atoms in total. The van der Waals surface area contributed by atoms with E-state index >= 15 is 0 Å². The Morgan fingerprint density at radius 3 is 3.29 bits per heavy atom. The third-order valence-corrected chi connectivity index (χ3v) is 4.06. The first-order chi connectivity index (χ1) is 10.2. The Morgan fingerprint density at radius 2 is 2.48 bits per heavy atom. The van der Waals surface area contributed by atoms with Gasteiger partial charge in [0.15, 0.2) is 10.8 Å². The van der Waals surface area contributed by atoms with Gasteiger partial charge in [-0.1, -0.05) is 11.8 Å². The van der Waals surface area contributed by atoms with Crippen LogP contribution in [0.5, 0.6) is 0 Å². The first kappa shape index (κ1) is 14.1. The van der Waals surface area contributed by atoms with Gasteiger partial charge in [0.25, 0.3) is 5.56 Å². The summed E-state index contributed by atoms with van der Waals surface area (Å²) in [6, 6.07) is 0. The van der Waals surface area contributed by atoms with Crippen LogP contribution in [0, 0.1) is 0 Å². The van der Waals surface area contributed by atoms with E-state index < -0.39 is 0 Å². The van der Waals surface area contributed by atoms with Crippen molar-refractivity contribution in [2.75, 3.05) is 18.9 Å². The number of thioether (sulfide) groups is 1. The molecular formula is C12H15N5O3S. The summed E-state index contributed by atoms with van der Waals surface area (Å²) in [6.07, 6.45) is 3.58. The standard InChI is InChI=1S/C12H15N5O3S/c18-9(13-4-7-2-1-3-20-7)6-21-12-15-10-8(5-14-17-10)11(19)16-12/h5,7H,1-4,6H2,(H,13,18)(H2,14,15,16,17,19)/t7-/m1/s1. The fourth-order valence-electron chi connectivity index (χ4n) is 2.11. The van der Waals surface area contributed by atoms with Gasteiger partial charge in [-0.15, -0.1) is 0 Å². The molecule has 3 N–H and O–H groups in total. The van der Waals surface area contributed by atoms with E-state index in [-0.39, 0.29) is 23.3 Å². The number of amides is 1. The summed E-state index contributed by atoms with van der Waals surface area (Å²) < 4.78 is 5.43. The van der Waals surface area contributed by atoms with Gasteiger partial charge in [0, 0.05) is 13.2 Å². The topological polar surface area (TPSA) is 113 Å². The highest BCUT2D eigenvalue weighted by Crippen LogP contribution is 2.13. The van der Waals surface area contributed by atoms with E-state index in [2.05, 4.69) is 25.5 Å². The number of rotatable bonds is 5. The van der Waals surface area contributed by atoms with Crippen LogP contribution in [0.3, 0.4) is 0 Å². The van der Waals surface area contributed by atoms with Crippen molar-refractivity contribution in [3.8, 4) is 0 Å². The SMILES string of the molecule is O=C(CSc1nc2[nH]ncc2c(=O)[nH]1)NC[C@H]1CCCO1. The van der Waals surface area contributed by atoms with Crippen molar-refractivity contribution in [3.63, 3.8) is 0 Å². The zero-order valence-electron chi connectivity index (χ0n) is 11.2. The summed E-state index contributed by atoms with van der Waals surface area (Å²) in [4.78, 5) is 30.3. The molecular weight excluding hydrogens is 294 g/mol. The third-order valence-electron chi connectivity index (χ3n) is 3.19. The summed E-state index contributed by atoms with van der Waals surface area (Å²) in [5, 5.41) is 10.0. The summed E-state index contributed by atoms with van der Waals surface area (Å²) in [5.74, 6) is 0.0813. The van der Waals surface area contributed by atoms with Gasteiger partial charge < -0.3 is 15.0 Å². The fraction of sp³-hybridized carbons (Fsp3) is 0.500. The second-order valence-electron chi connectivity index (χ2n) is 4.73. The molecule has 1 fully saturated rings. The van der Waals surface area contributed by atoms with Crippen LogP contribution in [-0.4, -0.2) is 51.1 Å². The molecule has 2 aromatic rings. The average molecular weight is 309 g/mol. The number of H-pyrrole nitrogens is 2. The molecule has 1 atom stereocenters. The Morgan fingerprint density at radius 1 is 1.57 bits per heavy atom. The summed E-state index contributed by atoms with van der Waals surface area (Å²) in [6.45, 7) is 1.30. The molecule has 21 heavy (non-hydrogen) atoms. The zero-order valence-corrected chi connectivity index (χ0v) is 12.0. The van der Waals surface area contributed by atoms with Gasteiger partial charge in [0.1, 0.15) is 5.39 Å². The summed E-state index contributed by atoms with van der Waals surface area (Å²) in [7, 11) is 0. The second-order valence-corrected chi connectivity index (χ2v) is 5.70. The van der Waals surface area contributed by atoms with E-state index in [9.17, 15) is 9.59 Å². The van der Waals surface area contributed by atoms with Crippen molar-refractivity contribution in [3.05, 3.63) is 16.6 Å². The molecule has 3 heterocycles. The molecule has 112 valence electrons. The molecule has 1 amide bonds. The summed E-state index contributed by atoms with van der Waals surface area (Å²) >= 11 is 1.18. The Bertz CT molecular complexity index is 692. The van der Waals surface area contributed by atoms with Gasteiger partial charge >= 0.3 is 0 Å². The highest BCUT2D eigenvalue weighted by Gasteiger charge is 2.16. The van der Waals surface area contributed by atoms with E-state index in [1.807, 2.05) is 0 Å². The first-order valence-corrected chi connectivity index (χ1v) is 7.65. The van der Waals surface area contributed by atoms with E-state index in [1.165, 1.54) is 18.0 Å². The molecule has 0 aromatic carbocycles. The van der Waals surface area contributed by atoms with Crippen LogP contribution in [0.1, 0.15) is 12.8 Å². The van der Waals surface area contributed by atoms with Gasteiger partial charge in [-0.3, -0.25) is 14.7 Å². The van der Waals surface area contributed by atoms with Crippen LogP contribution in [-0.2, 0) is 9.53 Å². The summed E-state index contributed by atoms with van der Waals surface area (Å²) in [5.41, 5.74) is 0.150. The van der Waals surface area contributed by atoms with E-state index in [4.69, 9.17) is 4.74 Å². The number of carbonyl (C=O) groups is 1. The lowest BCUT2D eigenvalue weighted by atomic mass is 10.2. The van der Waals surface area contributed by atoms with Gasteiger partial charge in [0.05, 0.1) is 18.1 Å². The number of carbonyl (C=O) groups excluding carboxylic acids is 1. The number of aromatic nitrogens is 4. The lowest BCUT2D eigenvalue weighted by molar-refractivity contribution is -0.119. The Kier molecular flexibility index (Phi) is 4.20. The molecule has 1 aliphatic rings. The molecule has 0 unspecified atom stereocenters. The smallest absolute Gasteiger partial charge is 0.262 e. The van der Waals surface area contributed by atoms with Crippen molar-refractivity contribution in [2.24, 2.45) is 0 Å². The van der Waals surface area contributed by atoms with Gasteiger partial charge in [-0.2, -0.15) is 5.10 Å². The monoisotopic (exact) mass is 309 g/mol. The second kappa shape index (κ2) is 6.27. The maximum Gasteiger partial charge on any atom is 0.262 e. The van der Waals surface area contributed by atoms with Crippen molar-refractivity contribution in [2.45, 2.75) is 24.1 Å². The van der Waals surface area contributed by atoms with Crippen molar-refractivity contribution in [1.29, 1.82) is 0 Å². The van der Waals surface area contributed by atoms with Crippen LogP contribution in [0.15, 0.2) is 16.1 Å². The van der Waals surface area contributed by atoms with Crippen LogP contribution < -0.4 is 10.9 Å². The highest BCUT2D eigenvalue weighted by atomic mass is 32.2. The number of nitrogens with zero attached hydrogens (tertiary/aromatic N) is 2. The maximum atomic E-state index is 11.7. The molecule has 0 radical (unpaired) electrons. The molecule has 0 aliphatic carbocycles. The number of hydrogen-bond acceptors (Lipinski definition) is 6. The van der Waals surface area contributed by atoms with Crippen LogP contribution in [0.25, 0.3) is 11.0 Å². The Balaban J connectivity index is 1.53. The number of ether oxygens (including phenoxy) is 1. The maximum absolute atomic E-state index is 11.7. The van der Waals surface area contributed by atoms with E-state index in [1.54, 1.807) is 0 Å². The molecule has 3 rings (SSSR count). The number of fused-ring (bicyclic) bond motifs is 1. The third kappa shape index (κ3) is 3.42. The Labute approximate surface area is 124 Å². The number of hydrogen-bond donors (Lipinski definition) is 3. The number of nitrogens with one attached hydrogen (secondary N) is 3. The predicted molar refractivity (Wildman–Crippen MR) is 77.2 cm³/mol. The molecule has 1 saturated heterocycles. The minimum absolute atomic E-state index is 0.108. The molecule has 0 bridgehead atoms. The van der Waals surface area contributed by atoms with Gasteiger partial charge in [-0.05, 0) is 12.8 Å². The molecule has 9 heteroatoms. The Hall–Kier alpha value is -1.87. The minimum atomic E-state index is -0.268. The quantitative estimate of drug-likeness (QED) is 0.531. The molecule has 2 aromatic heterocycles. The predicted octanol–water partition coefficient (Wildman–Crippen LogP) is 0.0335. The molecule has 0 spiro atoms. The van der Waals surface area contributed by atoms with Crippen molar-refractivity contribution >= 4 is 28.7 Å². The highest BCUT2D eigenvalue weighted by molar-refractivity contribution is 7.99. The van der Waals surface area contributed by atoms with Gasteiger partial charge in [-0.25, -0.2) is 4.98 Å². The average Bonchev–Trinajstić information content (AvgIpc) is 3.14. The lowest BCUT2D eigenvalue weighted by Gasteiger charge is -2.10. The van der Waals surface area contributed by atoms with Crippen molar-refractivity contribution in [1.82, 2.24) is 25.5 Å². The minimum Gasteiger partial charge on any atom is -0.376 e.